The lowest BCUT2D eigenvalue weighted by molar-refractivity contribution is 0.102. The molecule has 5 heteroatoms. The molecular weight excluding hydrogens is 254 g/mol. The summed E-state index contributed by atoms with van der Waals surface area (Å²) in [6.07, 6.45) is 1.58. The van der Waals surface area contributed by atoms with Crippen molar-refractivity contribution in [2.45, 2.75) is 6.54 Å². The van der Waals surface area contributed by atoms with Crippen LogP contribution in [0.4, 0.5) is 5.69 Å². The van der Waals surface area contributed by atoms with Crippen molar-refractivity contribution in [3.8, 4) is 0 Å². The van der Waals surface area contributed by atoms with Crippen LogP contribution in [0.5, 0.6) is 0 Å². The lowest BCUT2D eigenvalue weighted by Gasteiger charge is -2.10. The molecule has 2 rings (SSSR count). The molecule has 0 fully saturated rings. The highest BCUT2D eigenvalue weighted by Gasteiger charge is 2.09. The largest absolute Gasteiger partial charge is 0.322 e. The molecule has 5 nitrogen and oxygen atoms in total. The van der Waals surface area contributed by atoms with E-state index in [4.69, 9.17) is 0 Å². The third-order valence-corrected chi connectivity index (χ3v) is 3.00. The van der Waals surface area contributed by atoms with Gasteiger partial charge in [-0.1, -0.05) is 18.2 Å². The van der Waals surface area contributed by atoms with Crippen molar-refractivity contribution in [1.82, 2.24) is 9.88 Å². The molecule has 0 radical (unpaired) electrons. The molecule has 1 amide bonds. The Bertz CT molecular complexity index is 677. The Hall–Kier alpha value is -2.40. The first-order chi connectivity index (χ1) is 9.61. The van der Waals surface area contributed by atoms with Crippen LogP contribution in [0.3, 0.4) is 0 Å². The zero-order chi connectivity index (χ0) is 14.5. The monoisotopic (exact) mass is 271 g/mol. The Kier molecular flexibility index (Phi) is 4.32. The van der Waals surface area contributed by atoms with Crippen molar-refractivity contribution in [3.05, 3.63) is 64.1 Å². The van der Waals surface area contributed by atoms with E-state index < -0.39 is 0 Å². The SMILES string of the molecule is CNCc1ccccc1NC(=O)c1ccn(C)c(=O)c1. The Morgan fingerprint density at radius 2 is 2.00 bits per heavy atom. The maximum Gasteiger partial charge on any atom is 0.255 e. The van der Waals surface area contributed by atoms with E-state index in [1.54, 1.807) is 19.3 Å². The van der Waals surface area contributed by atoms with Crippen LogP contribution in [0.15, 0.2) is 47.4 Å². The number of nitrogens with zero attached hydrogens (tertiary/aromatic N) is 1. The average Bonchev–Trinajstić information content (AvgIpc) is 2.44. The van der Waals surface area contributed by atoms with Crippen LogP contribution in [0.1, 0.15) is 15.9 Å². The first kappa shape index (κ1) is 14.0. The second kappa shape index (κ2) is 6.16. The maximum absolute atomic E-state index is 12.2. The molecule has 1 aromatic heterocycles. The quantitative estimate of drug-likeness (QED) is 0.882. The van der Waals surface area contributed by atoms with Gasteiger partial charge in [0.15, 0.2) is 0 Å². The summed E-state index contributed by atoms with van der Waals surface area (Å²) in [5.41, 5.74) is 1.88. The summed E-state index contributed by atoms with van der Waals surface area (Å²) in [5.74, 6) is -0.286. The smallest absolute Gasteiger partial charge is 0.255 e. The minimum atomic E-state index is -0.286. The predicted molar refractivity (Wildman–Crippen MR) is 78.8 cm³/mol. The number of amides is 1. The van der Waals surface area contributed by atoms with Crippen molar-refractivity contribution >= 4 is 11.6 Å². The summed E-state index contributed by atoms with van der Waals surface area (Å²) >= 11 is 0. The normalized spacial score (nSPS) is 10.3. The number of anilines is 1. The maximum atomic E-state index is 12.2. The fraction of sp³-hybridized carbons (Fsp3) is 0.200. The topological polar surface area (TPSA) is 63.1 Å². The first-order valence-electron chi connectivity index (χ1n) is 6.32. The van der Waals surface area contributed by atoms with Gasteiger partial charge in [0.2, 0.25) is 0 Å². The summed E-state index contributed by atoms with van der Waals surface area (Å²) in [6.45, 7) is 0.660. The van der Waals surface area contributed by atoms with Gasteiger partial charge in [0, 0.05) is 37.1 Å². The number of hydrogen-bond acceptors (Lipinski definition) is 3. The molecule has 1 heterocycles. The Balaban J connectivity index is 2.23. The van der Waals surface area contributed by atoms with E-state index in [2.05, 4.69) is 10.6 Å². The molecule has 20 heavy (non-hydrogen) atoms. The molecule has 0 saturated carbocycles. The summed E-state index contributed by atoms with van der Waals surface area (Å²) in [4.78, 5) is 23.7. The van der Waals surface area contributed by atoms with Crippen molar-refractivity contribution in [2.75, 3.05) is 12.4 Å². The van der Waals surface area contributed by atoms with Crippen molar-refractivity contribution in [3.63, 3.8) is 0 Å². The molecule has 0 spiro atoms. The number of aromatic nitrogens is 1. The molecule has 0 unspecified atom stereocenters. The molecule has 0 aliphatic heterocycles. The number of aryl methyl sites for hydroxylation is 1. The fourth-order valence-electron chi connectivity index (χ4n) is 1.87. The third kappa shape index (κ3) is 3.13. The zero-order valence-corrected chi connectivity index (χ0v) is 11.5. The van der Waals surface area contributed by atoms with Gasteiger partial charge in [0.05, 0.1) is 0 Å². The van der Waals surface area contributed by atoms with Crippen molar-refractivity contribution in [2.24, 2.45) is 7.05 Å². The van der Waals surface area contributed by atoms with Crippen molar-refractivity contribution in [1.29, 1.82) is 0 Å². The standard InChI is InChI=1S/C15H17N3O2/c1-16-10-12-5-3-4-6-13(12)17-15(20)11-7-8-18(2)14(19)9-11/h3-9,16H,10H2,1-2H3,(H,17,20). The zero-order valence-electron chi connectivity index (χ0n) is 11.5. The van der Waals surface area contributed by atoms with Gasteiger partial charge in [-0.3, -0.25) is 9.59 Å². The molecule has 0 aliphatic rings. The van der Waals surface area contributed by atoms with E-state index in [-0.39, 0.29) is 11.5 Å². The summed E-state index contributed by atoms with van der Waals surface area (Å²) < 4.78 is 1.42. The van der Waals surface area contributed by atoms with Crippen LogP contribution in [0.2, 0.25) is 0 Å². The predicted octanol–water partition coefficient (Wildman–Crippen LogP) is 1.36. The molecule has 0 saturated heterocycles. The molecule has 0 atom stereocenters. The van der Waals surface area contributed by atoms with Crippen LogP contribution < -0.4 is 16.2 Å². The van der Waals surface area contributed by atoms with Gasteiger partial charge in [-0.15, -0.1) is 0 Å². The molecule has 2 aromatic rings. The van der Waals surface area contributed by atoms with Crippen LogP contribution in [-0.4, -0.2) is 17.5 Å². The van der Waals surface area contributed by atoms with Crippen LogP contribution >= 0.6 is 0 Å². The number of pyridine rings is 1. The Morgan fingerprint density at radius 3 is 2.70 bits per heavy atom. The fourth-order valence-corrected chi connectivity index (χ4v) is 1.87. The third-order valence-electron chi connectivity index (χ3n) is 3.00. The highest BCUT2D eigenvalue weighted by atomic mass is 16.2. The number of rotatable bonds is 4. The number of para-hydroxylation sites is 1. The number of nitrogens with one attached hydrogen (secondary N) is 2. The number of carbonyl (C=O) groups is 1. The second-order valence-electron chi connectivity index (χ2n) is 4.51. The van der Waals surface area contributed by atoms with E-state index in [9.17, 15) is 9.59 Å². The summed E-state index contributed by atoms with van der Waals surface area (Å²) in [7, 11) is 3.49. The molecule has 0 aliphatic carbocycles. The van der Waals surface area contributed by atoms with Gasteiger partial charge >= 0.3 is 0 Å². The number of carbonyl (C=O) groups excluding carboxylic acids is 1. The van der Waals surface area contributed by atoms with E-state index >= 15 is 0 Å². The highest BCUT2D eigenvalue weighted by Crippen LogP contribution is 2.15. The summed E-state index contributed by atoms with van der Waals surface area (Å²) in [6, 6.07) is 10.5. The first-order valence-corrected chi connectivity index (χ1v) is 6.32. The van der Waals surface area contributed by atoms with Gasteiger partial charge < -0.3 is 15.2 Å². The minimum absolute atomic E-state index is 0.207. The number of hydrogen-bond donors (Lipinski definition) is 2. The average molecular weight is 271 g/mol. The van der Waals surface area contributed by atoms with Gasteiger partial charge in [-0.05, 0) is 24.7 Å². The molecule has 0 bridgehead atoms. The van der Waals surface area contributed by atoms with Crippen LogP contribution in [-0.2, 0) is 13.6 Å². The second-order valence-corrected chi connectivity index (χ2v) is 4.51. The van der Waals surface area contributed by atoms with E-state index in [1.807, 2.05) is 31.3 Å². The molecule has 1 aromatic carbocycles. The number of benzene rings is 1. The molecule has 104 valence electrons. The summed E-state index contributed by atoms with van der Waals surface area (Å²) in [5, 5.41) is 5.88. The van der Waals surface area contributed by atoms with Gasteiger partial charge in [0.25, 0.3) is 11.5 Å². The Morgan fingerprint density at radius 1 is 1.25 bits per heavy atom. The van der Waals surface area contributed by atoms with Gasteiger partial charge in [-0.25, -0.2) is 0 Å². The lowest BCUT2D eigenvalue weighted by atomic mass is 10.1. The van der Waals surface area contributed by atoms with E-state index in [1.165, 1.54) is 10.6 Å². The molecular formula is C15H17N3O2. The lowest BCUT2D eigenvalue weighted by Crippen LogP contribution is -2.20. The minimum Gasteiger partial charge on any atom is -0.322 e. The van der Waals surface area contributed by atoms with E-state index in [0.717, 1.165) is 11.3 Å². The molecule has 2 N–H and O–H groups in total. The highest BCUT2D eigenvalue weighted by molar-refractivity contribution is 6.04. The van der Waals surface area contributed by atoms with Gasteiger partial charge in [-0.2, -0.15) is 0 Å². The van der Waals surface area contributed by atoms with E-state index in [0.29, 0.717) is 12.1 Å². The van der Waals surface area contributed by atoms with Crippen molar-refractivity contribution < 1.29 is 4.79 Å². The van der Waals surface area contributed by atoms with Crippen LogP contribution in [0, 0.1) is 0 Å². The van der Waals surface area contributed by atoms with Gasteiger partial charge in [0.1, 0.15) is 0 Å². The van der Waals surface area contributed by atoms with Crippen LogP contribution in [0.25, 0.3) is 0 Å². The Labute approximate surface area is 117 Å².